The van der Waals surface area contributed by atoms with Crippen molar-refractivity contribution in [2.24, 2.45) is 0 Å². The molecule has 0 radical (unpaired) electrons. The third-order valence-electron chi connectivity index (χ3n) is 2.49. The van der Waals surface area contributed by atoms with Crippen molar-refractivity contribution in [1.82, 2.24) is 10.6 Å². The van der Waals surface area contributed by atoms with Gasteiger partial charge in [-0.2, -0.15) is 0 Å². The molecule has 1 rings (SSSR count). The van der Waals surface area contributed by atoms with Crippen molar-refractivity contribution >= 4 is 17.3 Å². The first-order valence-corrected chi connectivity index (χ1v) is 5.66. The minimum absolute atomic E-state index is 0.206. The minimum atomic E-state index is -0.206. The van der Waals surface area contributed by atoms with Crippen molar-refractivity contribution in [1.29, 1.82) is 0 Å². The molecule has 1 aliphatic rings. The first kappa shape index (κ1) is 12.7. The highest BCUT2D eigenvalue weighted by atomic mass is 32.1. The van der Waals surface area contributed by atoms with Gasteiger partial charge in [-0.1, -0.05) is 0 Å². The Morgan fingerprint density at radius 3 is 2.80 bits per heavy atom. The molecule has 1 atom stereocenters. The second-order valence-electron chi connectivity index (χ2n) is 4.17. The molecule has 0 saturated carbocycles. The Kier molecular flexibility index (Phi) is 4.76. The van der Waals surface area contributed by atoms with Gasteiger partial charge in [0.05, 0.1) is 6.61 Å². The molecule has 0 bridgehead atoms. The average Bonchev–Trinajstić information content (AvgIpc) is 2.63. The van der Waals surface area contributed by atoms with Crippen molar-refractivity contribution in [2.75, 3.05) is 26.9 Å². The Bertz CT molecular complexity index is 215. The van der Waals surface area contributed by atoms with Crippen molar-refractivity contribution < 1.29 is 9.47 Å². The summed E-state index contributed by atoms with van der Waals surface area (Å²) < 4.78 is 10.8. The monoisotopic (exact) mass is 232 g/mol. The van der Waals surface area contributed by atoms with Gasteiger partial charge in [-0.15, -0.1) is 0 Å². The highest BCUT2D eigenvalue weighted by Crippen LogP contribution is 2.21. The fourth-order valence-electron chi connectivity index (χ4n) is 1.52. The average molecular weight is 232 g/mol. The molecule has 0 aliphatic carbocycles. The zero-order valence-electron chi connectivity index (χ0n) is 9.63. The second kappa shape index (κ2) is 5.63. The summed E-state index contributed by atoms with van der Waals surface area (Å²) in [5.41, 5.74) is -0.206. The van der Waals surface area contributed by atoms with E-state index in [1.807, 2.05) is 0 Å². The van der Waals surface area contributed by atoms with Crippen molar-refractivity contribution in [3.63, 3.8) is 0 Å². The minimum Gasteiger partial charge on any atom is -0.378 e. The van der Waals surface area contributed by atoms with E-state index in [9.17, 15) is 0 Å². The van der Waals surface area contributed by atoms with Crippen LogP contribution in [0.5, 0.6) is 0 Å². The van der Waals surface area contributed by atoms with Gasteiger partial charge >= 0.3 is 0 Å². The summed E-state index contributed by atoms with van der Waals surface area (Å²) in [6.07, 6.45) is 0.917. The van der Waals surface area contributed by atoms with Gasteiger partial charge in [0, 0.05) is 32.7 Å². The lowest BCUT2D eigenvalue weighted by molar-refractivity contribution is -0.0126. The van der Waals surface area contributed by atoms with Gasteiger partial charge < -0.3 is 20.1 Å². The van der Waals surface area contributed by atoms with Crippen LogP contribution in [0, 0.1) is 0 Å². The lowest BCUT2D eigenvalue weighted by Crippen LogP contribution is -2.49. The third kappa shape index (κ3) is 3.93. The van der Waals surface area contributed by atoms with Gasteiger partial charge in [0.15, 0.2) is 5.11 Å². The molecular formula is C10H20N2O2S. The van der Waals surface area contributed by atoms with E-state index in [0.29, 0.717) is 24.3 Å². The fraction of sp³-hybridized carbons (Fsp3) is 0.900. The summed E-state index contributed by atoms with van der Waals surface area (Å²) in [4.78, 5) is 0. The Balaban J connectivity index is 2.31. The van der Waals surface area contributed by atoms with Crippen LogP contribution in [0.15, 0.2) is 0 Å². The van der Waals surface area contributed by atoms with Crippen LogP contribution in [0.1, 0.15) is 20.3 Å². The molecule has 0 aromatic heterocycles. The van der Waals surface area contributed by atoms with Crippen LogP contribution in [-0.2, 0) is 9.47 Å². The van der Waals surface area contributed by atoms with Crippen LogP contribution in [0.3, 0.4) is 0 Å². The van der Waals surface area contributed by atoms with Crippen LogP contribution < -0.4 is 10.6 Å². The molecule has 5 heteroatoms. The number of rotatable bonds is 4. The van der Waals surface area contributed by atoms with E-state index < -0.39 is 0 Å². The second-order valence-corrected chi connectivity index (χ2v) is 4.58. The summed E-state index contributed by atoms with van der Waals surface area (Å²) in [5.74, 6) is 0. The van der Waals surface area contributed by atoms with Gasteiger partial charge in [-0.3, -0.25) is 0 Å². The standard InChI is InChI=1S/C10H20N2O2S/c1-8(2)12-9(15)11-6-10(13-3)4-5-14-7-10/h8H,4-7H2,1-3H3,(H2,11,12,15). The number of methoxy groups -OCH3 is 1. The van der Waals surface area contributed by atoms with E-state index in [2.05, 4.69) is 24.5 Å². The topological polar surface area (TPSA) is 42.5 Å². The molecule has 88 valence electrons. The first-order chi connectivity index (χ1) is 7.08. The number of hydrogen-bond acceptors (Lipinski definition) is 3. The van der Waals surface area contributed by atoms with Crippen LogP contribution >= 0.6 is 12.2 Å². The molecular weight excluding hydrogens is 212 g/mol. The van der Waals surface area contributed by atoms with E-state index in [1.165, 1.54) is 0 Å². The maximum absolute atomic E-state index is 5.48. The maximum Gasteiger partial charge on any atom is 0.166 e. The summed E-state index contributed by atoms with van der Waals surface area (Å²) in [5, 5.41) is 6.97. The molecule has 0 aromatic rings. The van der Waals surface area contributed by atoms with E-state index >= 15 is 0 Å². The predicted molar refractivity (Wildman–Crippen MR) is 64.0 cm³/mol. The van der Waals surface area contributed by atoms with E-state index in [0.717, 1.165) is 13.0 Å². The van der Waals surface area contributed by atoms with Crippen LogP contribution in [0.2, 0.25) is 0 Å². The van der Waals surface area contributed by atoms with Gasteiger partial charge in [-0.05, 0) is 26.1 Å². The quantitative estimate of drug-likeness (QED) is 0.697. The first-order valence-electron chi connectivity index (χ1n) is 5.25. The Hall–Kier alpha value is -0.390. The molecule has 1 aliphatic heterocycles. The molecule has 0 amide bonds. The highest BCUT2D eigenvalue weighted by molar-refractivity contribution is 7.80. The molecule has 1 heterocycles. The molecule has 1 saturated heterocycles. The smallest absolute Gasteiger partial charge is 0.166 e. The number of nitrogens with one attached hydrogen (secondary N) is 2. The van der Waals surface area contributed by atoms with Crippen LogP contribution in [-0.4, -0.2) is 43.6 Å². The lowest BCUT2D eigenvalue weighted by Gasteiger charge is -2.27. The summed E-state index contributed by atoms with van der Waals surface area (Å²) in [6, 6.07) is 0.350. The number of ether oxygens (including phenoxy) is 2. The van der Waals surface area contributed by atoms with Crippen molar-refractivity contribution in [3.8, 4) is 0 Å². The zero-order chi connectivity index (χ0) is 11.3. The zero-order valence-corrected chi connectivity index (χ0v) is 10.4. The number of thiocarbonyl (C=S) groups is 1. The summed E-state index contributed by atoms with van der Waals surface area (Å²) >= 11 is 5.14. The predicted octanol–water partition coefficient (Wildman–Crippen LogP) is 0.664. The molecule has 0 spiro atoms. The molecule has 1 unspecified atom stereocenters. The van der Waals surface area contributed by atoms with Gasteiger partial charge in [0.2, 0.25) is 0 Å². The van der Waals surface area contributed by atoms with Crippen molar-refractivity contribution in [2.45, 2.75) is 31.9 Å². The van der Waals surface area contributed by atoms with Crippen molar-refractivity contribution in [3.05, 3.63) is 0 Å². The van der Waals surface area contributed by atoms with Gasteiger partial charge in [-0.25, -0.2) is 0 Å². The summed E-state index contributed by atoms with van der Waals surface area (Å²) in [7, 11) is 1.72. The third-order valence-corrected chi connectivity index (χ3v) is 2.75. The lowest BCUT2D eigenvalue weighted by atomic mass is 10.0. The molecule has 15 heavy (non-hydrogen) atoms. The largest absolute Gasteiger partial charge is 0.378 e. The van der Waals surface area contributed by atoms with E-state index in [4.69, 9.17) is 21.7 Å². The SMILES string of the molecule is COC1(CNC(=S)NC(C)C)CCOC1. The van der Waals surface area contributed by atoms with Crippen LogP contribution in [0.4, 0.5) is 0 Å². The van der Waals surface area contributed by atoms with E-state index in [-0.39, 0.29) is 5.60 Å². The maximum atomic E-state index is 5.48. The summed E-state index contributed by atoms with van der Waals surface area (Å²) in [6.45, 7) is 6.21. The van der Waals surface area contributed by atoms with Gasteiger partial charge in [0.1, 0.15) is 5.60 Å². The molecule has 2 N–H and O–H groups in total. The Morgan fingerprint density at radius 2 is 2.33 bits per heavy atom. The fourth-order valence-corrected chi connectivity index (χ4v) is 1.82. The number of hydrogen-bond donors (Lipinski definition) is 2. The Morgan fingerprint density at radius 1 is 1.60 bits per heavy atom. The van der Waals surface area contributed by atoms with Crippen LogP contribution in [0.25, 0.3) is 0 Å². The normalized spacial score (nSPS) is 25.6. The Labute approximate surface area is 96.7 Å². The molecule has 4 nitrogen and oxygen atoms in total. The highest BCUT2D eigenvalue weighted by Gasteiger charge is 2.34. The van der Waals surface area contributed by atoms with Gasteiger partial charge in [0.25, 0.3) is 0 Å². The van der Waals surface area contributed by atoms with E-state index in [1.54, 1.807) is 7.11 Å². The molecule has 1 fully saturated rings. The molecule has 0 aromatic carbocycles.